The monoisotopic (exact) mass is 310 g/mol. The molecule has 4 aromatic rings. The summed E-state index contributed by atoms with van der Waals surface area (Å²) in [5.41, 5.74) is 1.77. The number of pyridine rings is 1. The summed E-state index contributed by atoms with van der Waals surface area (Å²) in [6, 6.07) is 14.1. The summed E-state index contributed by atoms with van der Waals surface area (Å²) >= 11 is 7.10. The zero-order chi connectivity index (χ0) is 14.2. The van der Waals surface area contributed by atoms with Crippen LogP contribution < -0.4 is 0 Å². The molecule has 0 saturated carbocycles. The van der Waals surface area contributed by atoms with Crippen LogP contribution in [0.5, 0.6) is 0 Å². The van der Waals surface area contributed by atoms with E-state index in [0.29, 0.717) is 4.77 Å². The number of nitrogens with one attached hydrogen (secondary N) is 1. The number of hydrogen-bond donors (Lipinski definition) is 1. The van der Waals surface area contributed by atoms with E-state index in [9.17, 15) is 0 Å². The first-order valence-electron chi connectivity index (χ1n) is 6.39. The topological polar surface area (TPSA) is 46.5 Å². The minimum atomic E-state index is 0.560. The number of aromatic amines is 1. The lowest BCUT2D eigenvalue weighted by molar-refractivity contribution is 1.03. The van der Waals surface area contributed by atoms with Gasteiger partial charge < -0.3 is 0 Å². The standard InChI is InChI=1S/C15H10N4S2/c20-15-18-17-14(12-3-1-2-7-16-12)19(15)11-4-5-13-10(9-11)6-8-21-13/h1-9H,(H,18,20). The number of rotatable bonds is 2. The van der Waals surface area contributed by atoms with Crippen LogP contribution in [0.2, 0.25) is 0 Å². The Morgan fingerprint density at radius 3 is 2.95 bits per heavy atom. The highest BCUT2D eigenvalue weighted by Crippen LogP contribution is 2.26. The normalized spacial score (nSPS) is 11.0. The molecule has 0 bridgehead atoms. The number of H-pyrrole nitrogens is 1. The maximum Gasteiger partial charge on any atom is 0.200 e. The molecule has 1 N–H and O–H groups in total. The van der Waals surface area contributed by atoms with E-state index in [1.54, 1.807) is 17.5 Å². The van der Waals surface area contributed by atoms with Crippen LogP contribution in [-0.4, -0.2) is 19.7 Å². The van der Waals surface area contributed by atoms with Crippen molar-refractivity contribution in [2.75, 3.05) is 0 Å². The Hall–Kier alpha value is -2.31. The third-order valence-electron chi connectivity index (χ3n) is 3.26. The molecular formula is C15H10N4S2. The van der Waals surface area contributed by atoms with Gasteiger partial charge in [-0.2, -0.15) is 5.10 Å². The van der Waals surface area contributed by atoms with Gasteiger partial charge in [0.15, 0.2) is 10.6 Å². The molecule has 0 amide bonds. The van der Waals surface area contributed by atoms with Crippen LogP contribution in [0.25, 0.3) is 27.3 Å². The molecule has 6 heteroatoms. The Bertz CT molecular complexity index is 966. The quantitative estimate of drug-likeness (QED) is 0.564. The smallest absolute Gasteiger partial charge is 0.200 e. The molecule has 0 aliphatic rings. The van der Waals surface area contributed by atoms with E-state index >= 15 is 0 Å². The van der Waals surface area contributed by atoms with Gasteiger partial charge in [-0.05, 0) is 59.4 Å². The molecule has 4 nitrogen and oxygen atoms in total. The van der Waals surface area contributed by atoms with Crippen LogP contribution in [0, 0.1) is 4.77 Å². The summed E-state index contributed by atoms with van der Waals surface area (Å²) in [5.74, 6) is 0.718. The van der Waals surface area contributed by atoms with Crippen molar-refractivity contribution in [3.63, 3.8) is 0 Å². The van der Waals surface area contributed by atoms with Crippen LogP contribution in [-0.2, 0) is 0 Å². The zero-order valence-electron chi connectivity index (χ0n) is 10.9. The Balaban J connectivity index is 1.96. The average molecular weight is 310 g/mol. The van der Waals surface area contributed by atoms with Crippen LogP contribution in [0.3, 0.4) is 0 Å². The van der Waals surface area contributed by atoms with Crippen molar-refractivity contribution in [3.05, 3.63) is 58.8 Å². The van der Waals surface area contributed by atoms with E-state index in [-0.39, 0.29) is 0 Å². The maximum absolute atomic E-state index is 5.38. The molecule has 21 heavy (non-hydrogen) atoms. The van der Waals surface area contributed by atoms with Crippen LogP contribution in [0.15, 0.2) is 54.0 Å². The summed E-state index contributed by atoms with van der Waals surface area (Å²) in [7, 11) is 0. The van der Waals surface area contributed by atoms with Gasteiger partial charge in [0.1, 0.15) is 5.69 Å². The van der Waals surface area contributed by atoms with Gasteiger partial charge in [0.05, 0.1) is 5.69 Å². The molecule has 0 aliphatic carbocycles. The van der Waals surface area contributed by atoms with Crippen molar-refractivity contribution in [1.29, 1.82) is 0 Å². The Labute approximate surface area is 129 Å². The molecule has 0 saturated heterocycles. The number of thiophene rings is 1. The van der Waals surface area contributed by atoms with Crippen LogP contribution >= 0.6 is 23.6 Å². The number of hydrogen-bond acceptors (Lipinski definition) is 4. The second-order valence-electron chi connectivity index (χ2n) is 4.55. The van der Waals surface area contributed by atoms with E-state index in [1.165, 1.54) is 10.1 Å². The Kier molecular flexibility index (Phi) is 2.90. The predicted molar refractivity (Wildman–Crippen MR) is 87.4 cm³/mol. The number of benzene rings is 1. The van der Waals surface area contributed by atoms with Crippen molar-refractivity contribution in [3.8, 4) is 17.2 Å². The fourth-order valence-corrected chi connectivity index (χ4v) is 3.30. The van der Waals surface area contributed by atoms with Crippen molar-refractivity contribution >= 4 is 33.6 Å². The molecule has 0 atom stereocenters. The lowest BCUT2D eigenvalue weighted by Gasteiger charge is -2.06. The molecule has 3 aromatic heterocycles. The zero-order valence-corrected chi connectivity index (χ0v) is 12.5. The van der Waals surface area contributed by atoms with E-state index in [2.05, 4.69) is 44.8 Å². The van der Waals surface area contributed by atoms with Crippen LogP contribution in [0.1, 0.15) is 0 Å². The molecular weight excluding hydrogens is 300 g/mol. The van der Waals surface area contributed by atoms with Crippen molar-refractivity contribution < 1.29 is 0 Å². The molecule has 0 radical (unpaired) electrons. The molecule has 4 rings (SSSR count). The fraction of sp³-hybridized carbons (Fsp3) is 0. The predicted octanol–water partition coefficient (Wildman–Crippen LogP) is 4.21. The molecule has 0 fully saturated rings. The SMILES string of the molecule is S=c1[nH]nc(-c2ccccn2)n1-c1ccc2sccc2c1. The van der Waals surface area contributed by atoms with Gasteiger partial charge in [-0.25, -0.2) is 0 Å². The van der Waals surface area contributed by atoms with Crippen LogP contribution in [0.4, 0.5) is 0 Å². The first kappa shape index (κ1) is 12.4. The van der Waals surface area contributed by atoms with Crippen molar-refractivity contribution in [1.82, 2.24) is 19.7 Å². The van der Waals surface area contributed by atoms with E-state index < -0.39 is 0 Å². The summed E-state index contributed by atoms with van der Waals surface area (Å²) in [6.45, 7) is 0. The van der Waals surface area contributed by atoms with Gasteiger partial charge >= 0.3 is 0 Å². The third kappa shape index (κ3) is 2.09. The highest BCUT2D eigenvalue weighted by atomic mass is 32.1. The largest absolute Gasteiger partial charge is 0.267 e. The highest BCUT2D eigenvalue weighted by molar-refractivity contribution is 7.71. The first-order valence-corrected chi connectivity index (χ1v) is 7.68. The van der Waals surface area contributed by atoms with Gasteiger partial charge in [0, 0.05) is 10.9 Å². The minimum absolute atomic E-state index is 0.560. The second kappa shape index (κ2) is 4.91. The summed E-state index contributed by atoms with van der Waals surface area (Å²) in [5, 5.41) is 10.5. The van der Waals surface area contributed by atoms with Gasteiger partial charge in [-0.15, -0.1) is 11.3 Å². The molecule has 3 heterocycles. The summed E-state index contributed by atoms with van der Waals surface area (Å²) in [6.07, 6.45) is 1.75. The molecule has 0 aliphatic heterocycles. The minimum Gasteiger partial charge on any atom is -0.267 e. The Morgan fingerprint density at radius 2 is 2.10 bits per heavy atom. The molecule has 0 unspecified atom stereocenters. The first-order chi connectivity index (χ1) is 10.3. The molecule has 0 spiro atoms. The fourth-order valence-electron chi connectivity index (χ4n) is 2.30. The summed E-state index contributed by atoms with van der Waals surface area (Å²) < 4.78 is 3.73. The van der Waals surface area contributed by atoms with Gasteiger partial charge in [-0.3, -0.25) is 14.6 Å². The van der Waals surface area contributed by atoms with E-state index in [4.69, 9.17) is 12.2 Å². The Morgan fingerprint density at radius 1 is 1.14 bits per heavy atom. The van der Waals surface area contributed by atoms with Gasteiger partial charge in [-0.1, -0.05) is 6.07 Å². The maximum atomic E-state index is 5.38. The van der Waals surface area contributed by atoms with Crippen molar-refractivity contribution in [2.45, 2.75) is 0 Å². The highest BCUT2D eigenvalue weighted by Gasteiger charge is 2.12. The lowest BCUT2D eigenvalue weighted by Crippen LogP contribution is -1.98. The summed E-state index contributed by atoms with van der Waals surface area (Å²) in [4.78, 5) is 4.35. The van der Waals surface area contributed by atoms with Gasteiger partial charge in [0.2, 0.25) is 0 Å². The molecule has 102 valence electrons. The number of nitrogens with zero attached hydrogens (tertiary/aromatic N) is 3. The van der Waals surface area contributed by atoms with E-state index in [1.807, 2.05) is 22.8 Å². The number of fused-ring (bicyclic) bond motifs is 1. The lowest BCUT2D eigenvalue weighted by atomic mass is 10.2. The average Bonchev–Trinajstić information content (AvgIpc) is 3.13. The molecule has 1 aromatic carbocycles. The number of aromatic nitrogens is 4. The van der Waals surface area contributed by atoms with Gasteiger partial charge in [0.25, 0.3) is 0 Å². The third-order valence-corrected chi connectivity index (χ3v) is 4.43. The van der Waals surface area contributed by atoms with Crippen molar-refractivity contribution in [2.24, 2.45) is 0 Å². The van der Waals surface area contributed by atoms with E-state index in [0.717, 1.165) is 17.2 Å². The second-order valence-corrected chi connectivity index (χ2v) is 5.88.